The zero-order valence-electron chi connectivity index (χ0n) is 9.15. The van der Waals surface area contributed by atoms with Gasteiger partial charge in [0, 0.05) is 11.9 Å². The lowest BCUT2D eigenvalue weighted by Crippen LogP contribution is -2.15. The monoisotopic (exact) mass is 325 g/mol. The van der Waals surface area contributed by atoms with Gasteiger partial charge in [-0.1, -0.05) is 17.7 Å². The molecule has 0 aliphatic heterocycles. The summed E-state index contributed by atoms with van der Waals surface area (Å²) in [6.07, 6.45) is 1.58. The fraction of sp³-hybridized carbons (Fsp3) is 0. The van der Waals surface area contributed by atoms with Crippen molar-refractivity contribution in [1.82, 2.24) is 4.98 Å². The van der Waals surface area contributed by atoms with Crippen LogP contribution in [0.1, 0.15) is 10.4 Å². The number of anilines is 2. The van der Waals surface area contributed by atoms with Gasteiger partial charge >= 0.3 is 0 Å². The molecule has 18 heavy (non-hydrogen) atoms. The average Bonchev–Trinajstić information content (AvgIpc) is 2.32. The first-order chi connectivity index (χ1) is 8.59. The molecule has 3 N–H and O–H groups in total. The van der Waals surface area contributed by atoms with Crippen molar-refractivity contribution < 1.29 is 4.79 Å². The number of aromatic nitrogens is 1. The van der Waals surface area contributed by atoms with Crippen LogP contribution in [-0.2, 0) is 0 Å². The van der Waals surface area contributed by atoms with Gasteiger partial charge in [-0.15, -0.1) is 0 Å². The Kier molecular flexibility index (Phi) is 3.84. The Morgan fingerprint density at radius 3 is 2.78 bits per heavy atom. The Morgan fingerprint density at radius 2 is 2.11 bits per heavy atom. The van der Waals surface area contributed by atoms with Crippen molar-refractivity contribution in [1.29, 1.82) is 0 Å². The molecule has 92 valence electrons. The quantitative estimate of drug-likeness (QED) is 0.832. The second-order valence-electron chi connectivity index (χ2n) is 3.49. The van der Waals surface area contributed by atoms with Gasteiger partial charge in [-0.2, -0.15) is 0 Å². The number of carbonyl (C=O) groups is 1. The minimum Gasteiger partial charge on any atom is -0.398 e. The van der Waals surface area contributed by atoms with Gasteiger partial charge < -0.3 is 11.1 Å². The minimum absolute atomic E-state index is 0.247. The molecule has 0 aliphatic rings. The van der Waals surface area contributed by atoms with E-state index in [9.17, 15) is 4.79 Å². The molecule has 1 heterocycles. The first-order valence-electron chi connectivity index (χ1n) is 5.05. The number of carbonyl (C=O) groups excluding carboxylic acids is 1. The van der Waals surface area contributed by atoms with E-state index in [1.807, 2.05) is 0 Å². The summed E-state index contributed by atoms with van der Waals surface area (Å²) in [5.74, 6) is 0.0271. The molecule has 1 aromatic carbocycles. The summed E-state index contributed by atoms with van der Waals surface area (Å²) >= 11 is 9.25. The second-order valence-corrected chi connectivity index (χ2v) is 4.75. The minimum atomic E-state index is -0.391. The van der Waals surface area contributed by atoms with Gasteiger partial charge in [-0.05, 0) is 40.2 Å². The molecule has 0 saturated heterocycles. The number of hydrogen-bond acceptors (Lipinski definition) is 3. The molecule has 6 heteroatoms. The second kappa shape index (κ2) is 5.37. The first-order valence-corrected chi connectivity index (χ1v) is 6.22. The van der Waals surface area contributed by atoms with E-state index in [2.05, 4.69) is 26.2 Å². The Labute approximate surface area is 117 Å². The van der Waals surface area contributed by atoms with Gasteiger partial charge in [-0.3, -0.25) is 4.79 Å². The highest BCUT2D eigenvalue weighted by Crippen LogP contribution is 2.24. The molecule has 0 radical (unpaired) electrons. The van der Waals surface area contributed by atoms with Gasteiger partial charge in [0.15, 0.2) is 0 Å². The molecule has 1 aromatic heterocycles. The van der Waals surface area contributed by atoms with Crippen LogP contribution >= 0.6 is 27.5 Å². The molecule has 2 rings (SSSR count). The molecule has 0 aliphatic carbocycles. The summed E-state index contributed by atoms with van der Waals surface area (Å²) in [6.45, 7) is 0. The highest BCUT2D eigenvalue weighted by molar-refractivity contribution is 9.10. The Balaban J connectivity index is 2.31. The van der Waals surface area contributed by atoms with Gasteiger partial charge in [-0.25, -0.2) is 4.98 Å². The van der Waals surface area contributed by atoms with Crippen molar-refractivity contribution in [3.05, 3.63) is 51.6 Å². The molecular weight excluding hydrogens is 318 g/mol. The molecule has 0 bridgehead atoms. The predicted molar refractivity (Wildman–Crippen MR) is 75.8 cm³/mol. The molecule has 4 nitrogen and oxygen atoms in total. The van der Waals surface area contributed by atoms with Crippen LogP contribution in [0.5, 0.6) is 0 Å². The summed E-state index contributed by atoms with van der Waals surface area (Å²) in [6, 6.07) is 8.45. The molecule has 0 saturated carbocycles. The van der Waals surface area contributed by atoms with Gasteiger partial charge in [0.2, 0.25) is 0 Å². The van der Waals surface area contributed by atoms with E-state index in [1.54, 1.807) is 36.5 Å². The van der Waals surface area contributed by atoms with E-state index in [-0.39, 0.29) is 5.56 Å². The van der Waals surface area contributed by atoms with Crippen LogP contribution in [0.2, 0.25) is 5.02 Å². The van der Waals surface area contributed by atoms with E-state index in [1.165, 1.54) is 0 Å². The summed E-state index contributed by atoms with van der Waals surface area (Å²) in [5, 5.41) is 2.95. The molecule has 0 spiro atoms. The first kappa shape index (κ1) is 12.9. The summed E-state index contributed by atoms with van der Waals surface area (Å²) < 4.78 is 0.684. The van der Waals surface area contributed by atoms with Crippen molar-refractivity contribution in [2.24, 2.45) is 0 Å². The van der Waals surface area contributed by atoms with Crippen molar-refractivity contribution in [2.45, 2.75) is 0 Å². The lowest BCUT2D eigenvalue weighted by atomic mass is 10.1. The predicted octanol–water partition coefficient (Wildman–Crippen LogP) is 3.33. The maximum Gasteiger partial charge on any atom is 0.260 e. The van der Waals surface area contributed by atoms with Crippen LogP contribution in [0, 0.1) is 0 Å². The molecule has 0 unspecified atom stereocenters. The number of halogens is 2. The van der Waals surface area contributed by atoms with Crippen LogP contribution in [0.25, 0.3) is 0 Å². The van der Waals surface area contributed by atoms with E-state index in [4.69, 9.17) is 17.3 Å². The zero-order chi connectivity index (χ0) is 13.1. The van der Waals surface area contributed by atoms with Gasteiger partial charge in [0.05, 0.1) is 15.1 Å². The topological polar surface area (TPSA) is 68.0 Å². The molecule has 0 fully saturated rings. The number of amides is 1. The van der Waals surface area contributed by atoms with Gasteiger partial charge in [0.25, 0.3) is 5.91 Å². The van der Waals surface area contributed by atoms with Crippen molar-refractivity contribution in [3.63, 3.8) is 0 Å². The molecule has 2 aromatic rings. The van der Waals surface area contributed by atoms with Crippen LogP contribution in [-0.4, -0.2) is 10.9 Å². The number of rotatable bonds is 2. The van der Waals surface area contributed by atoms with Crippen LogP contribution < -0.4 is 11.1 Å². The molecule has 0 atom stereocenters. The number of nitrogens with zero attached hydrogens (tertiary/aromatic N) is 1. The fourth-order valence-corrected chi connectivity index (χ4v) is 2.05. The van der Waals surface area contributed by atoms with Crippen LogP contribution in [0.15, 0.2) is 41.0 Å². The van der Waals surface area contributed by atoms with Crippen LogP contribution in [0.3, 0.4) is 0 Å². The number of pyridine rings is 1. The van der Waals surface area contributed by atoms with Crippen molar-refractivity contribution >= 4 is 44.9 Å². The van der Waals surface area contributed by atoms with Crippen molar-refractivity contribution in [2.75, 3.05) is 11.1 Å². The van der Waals surface area contributed by atoms with Gasteiger partial charge in [0.1, 0.15) is 5.82 Å². The summed E-state index contributed by atoms with van der Waals surface area (Å²) in [7, 11) is 0. The fourth-order valence-electron chi connectivity index (χ4n) is 1.43. The number of nitrogens with two attached hydrogens (primary N) is 1. The zero-order valence-corrected chi connectivity index (χ0v) is 11.5. The lowest BCUT2D eigenvalue weighted by Gasteiger charge is -2.09. The summed E-state index contributed by atoms with van der Waals surface area (Å²) in [4.78, 5) is 16.1. The largest absolute Gasteiger partial charge is 0.398 e. The van der Waals surface area contributed by atoms with Crippen molar-refractivity contribution in [3.8, 4) is 0 Å². The van der Waals surface area contributed by atoms with E-state index in [0.717, 1.165) is 0 Å². The smallest absolute Gasteiger partial charge is 0.260 e. The lowest BCUT2D eigenvalue weighted by molar-refractivity contribution is 0.102. The van der Waals surface area contributed by atoms with E-state index < -0.39 is 5.91 Å². The van der Waals surface area contributed by atoms with E-state index >= 15 is 0 Å². The van der Waals surface area contributed by atoms with E-state index in [0.29, 0.717) is 21.0 Å². The normalized spacial score (nSPS) is 10.1. The number of benzene rings is 1. The number of hydrogen-bond donors (Lipinski definition) is 2. The third kappa shape index (κ3) is 2.63. The Hall–Kier alpha value is -1.59. The Morgan fingerprint density at radius 1 is 1.33 bits per heavy atom. The maximum atomic E-state index is 12.1. The summed E-state index contributed by atoms with van der Waals surface area (Å²) in [5.41, 5.74) is 6.31. The Bertz CT molecular complexity index is 583. The van der Waals surface area contributed by atoms with Crippen LogP contribution in [0.4, 0.5) is 11.5 Å². The SMILES string of the molecule is Nc1cccc(Cl)c1C(=O)Nc1ncccc1Br. The highest BCUT2D eigenvalue weighted by Gasteiger charge is 2.15. The highest BCUT2D eigenvalue weighted by atomic mass is 79.9. The molecular formula is C12H9BrClN3O. The molecule has 1 amide bonds. The average molecular weight is 327 g/mol. The number of nitrogen functional groups attached to an aromatic ring is 1. The number of nitrogens with one attached hydrogen (secondary N) is 1. The third-order valence-electron chi connectivity index (χ3n) is 2.26. The third-order valence-corrected chi connectivity index (χ3v) is 3.22. The maximum absolute atomic E-state index is 12.1. The standard InChI is InChI=1S/C12H9BrClN3O/c13-7-3-2-6-16-11(7)17-12(18)10-8(14)4-1-5-9(10)15/h1-6H,15H2,(H,16,17,18).